The van der Waals surface area contributed by atoms with Gasteiger partial charge in [0, 0.05) is 12.6 Å². The molecular formula is C25H29FN4O3. The number of halogens is 1. The summed E-state index contributed by atoms with van der Waals surface area (Å²) in [5.41, 5.74) is 2.02. The molecule has 0 saturated heterocycles. The van der Waals surface area contributed by atoms with Gasteiger partial charge in [0.15, 0.2) is 5.69 Å². The molecule has 0 aliphatic carbocycles. The van der Waals surface area contributed by atoms with E-state index in [1.54, 1.807) is 18.2 Å². The number of para-hydroxylation sites is 1. The maximum absolute atomic E-state index is 14.3. The number of rotatable bonds is 10. The average Bonchev–Trinajstić information content (AvgIpc) is 3.24. The third-order valence-electron chi connectivity index (χ3n) is 5.31. The zero-order chi connectivity index (χ0) is 23.8. The van der Waals surface area contributed by atoms with Crippen molar-refractivity contribution in [3.8, 4) is 11.6 Å². The number of hydrogen-bond acceptors (Lipinski definition) is 4. The summed E-state index contributed by atoms with van der Waals surface area (Å²) >= 11 is 0. The van der Waals surface area contributed by atoms with Gasteiger partial charge in [-0.2, -0.15) is 9.78 Å². The largest absolute Gasteiger partial charge is 0.481 e. The molecular weight excluding hydrogens is 423 g/mol. The zero-order valence-corrected chi connectivity index (χ0v) is 19.1. The number of ether oxygens (including phenoxy) is 1. The predicted octanol–water partition coefficient (Wildman–Crippen LogP) is 4.11. The summed E-state index contributed by atoms with van der Waals surface area (Å²) in [6.45, 7) is 4.57. The summed E-state index contributed by atoms with van der Waals surface area (Å²) in [4.78, 5) is 25.6. The lowest BCUT2D eigenvalue weighted by Gasteiger charge is -2.20. The fourth-order valence-corrected chi connectivity index (χ4v) is 3.53. The molecule has 0 aliphatic heterocycles. The van der Waals surface area contributed by atoms with Gasteiger partial charge < -0.3 is 15.4 Å². The minimum absolute atomic E-state index is 0.0556. The minimum Gasteiger partial charge on any atom is -0.481 e. The number of aromatic nitrogens is 2. The summed E-state index contributed by atoms with van der Waals surface area (Å²) < 4.78 is 20.8. The van der Waals surface area contributed by atoms with E-state index in [2.05, 4.69) is 22.7 Å². The number of carbonyl (C=O) groups excluding carboxylic acids is 2. The number of unbranched alkanes of at least 4 members (excludes halogenated alkanes) is 1. The van der Waals surface area contributed by atoms with Crippen LogP contribution in [-0.2, 0) is 4.79 Å². The minimum atomic E-state index is -0.551. The highest BCUT2D eigenvalue weighted by atomic mass is 19.1. The molecule has 0 bridgehead atoms. The van der Waals surface area contributed by atoms with Crippen molar-refractivity contribution in [2.45, 2.75) is 39.2 Å². The van der Waals surface area contributed by atoms with E-state index in [9.17, 15) is 14.0 Å². The molecule has 0 aliphatic rings. The second-order valence-electron chi connectivity index (χ2n) is 7.73. The van der Waals surface area contributed by atoms with Crippen LogP contribution in [-0.4, -0.2) is 35.2 Å². The van der Waals surface area contributed by atoms with Gasteiger partial charge >= 0.3 is 0 Å². The molecule has 1 atom stereocenters. The first-order valence-corrected chi connectivity index (χ1v) is 11.0. The molecule has 0 saturated carbocycles. The van der Waals surface area contributed by atoms with Crippen molar-refractivity contribution in [1.29, 1.82) is 0 Å². The second kappa shape index (κ2) is 11.3. The van der Waals surface area contributed by atoms with Crippen LogP contribution in [0.3, 0.4) is 0 Å². The monoisotopic (exact) mass is 452 g/mol. The third kappa shape index (κ3) is 5.97. The number of nitrogens with one attached hydrogen (secondary N) is 2. The number of amides is 2. The Bertz CT molecular complexity index is 1110. The van der Waals surface area contributed by atoms with E-state index in [0.29, 0.717) is 6.54 Å². The lowest BCUT2D eigenvalue weighted by atomic mass is 9.98. The number of benzene rings is 2. The van der Waals surface area contributed by atoms with Crippen LogP contribution >= 0.6 is 0 Å². The number of nitrogens with zero attached hydrogens (tertiary/aromatic N) is 2. The van der Waals surface area contributed by atoms with Gasteiger partial charge in [-0.25, -0.2) is 4.39 Å². The normalized spacial score (nSPS) is 11.6. The van der Waals surface area contributed by atoms with Crippen molar-refractivity contribution in [2.24, 2.45) is 0 Å². The Morgan fingerprint density at radius 1 is 1.15 bits per heavy atom. The molecule has 1 heterocycles. The molecule has 174 valence electrons. The lowest BCUT2D eigenvalue weighted by molar-refractivity contribution is -0.121. The van der Waals surface area contributed by atoms with Crippen LogP contribution in [0.2, 0.25) is 0 Å². The van der Waals surface area contributed by atoms with E-state index in [4.69, 9.17) is 4.74 Å². The molecule has 33 heavy (non-hydrogen) atoms. The van der Waals surface area contributed by atoms with Gasteiger partial charge in [-0.15, -0.1) is 0 Å². The van der Waals surface area contributed by atoms with E-state index >= 15 is 0 Å². The van der Waals surface area contributed by atoms with Crippen molar-refractivity contribution in [3.05, 3.63) is 77.2 Å². The smallest absolute Gasteiger partial charge is 0.272 e. The Hall–Kier alpha value is -3.68. The van der Waals surface area contributed by atoms with Gasteiger partial charge in [-0.1, -0.05) is 49.7 Å². The first kappa shape index (κ1) is 24.0. The van der Waals surface area contributed by atoms with Gasteiger partial charge in [-0.3, -0.25) is 9.59 Å². The van der Waals surface area contributed by atoms with Crippen LogP contribution in [0, 0.1) is 12.7 Å². The molecule has 3 rings (SSSR count). The first-order valence-electron chi connectivity index (χ1n) is 11.0. The topological polar surface area (TPSA) is 85.3 Å². The summed E-state index contributed by atoms with van der Waals surface area (Å²) in [5, 5.41) is 10.1. The Morgan fingerprint density at radius 3 is 2.58 bits per heavy atom. The number of hydrogen-bond donors (Lipinski definition) is 2. The van der Waals surface area contributed by atoms with Crippen molar-refractivity contribution < 1.29 is 18.7 Å². The van der Waals surface area contributed by atoms with Crippen LogP contribution in [0.25, 0.3) is 5.69 Å². The van der Waals surface area contributed by atoms with Crippen molar-refractivity contribution in [1.82, 2.24) is 20.4 Å². The second-order valence-corrected chi connectivity index (χ2v) is 7.73. The molecule has 2 amide bonds. The average molecular weight is 453 g/mol. The van der Waals surface area contributed by atoms with Gasteiger partial charge in [0.25, 0.3) is 5.91 Å². The van der Waals surface area contributed by atoms with E-state index in [-0.39, 0.29) is 29.6 Å². The van der Waals surface area contributed by atoms with Crippen molar-refractivity contribution in [2.75, 3.05) is 13.7 Å². The van der Waals surface area contributed by atoms with Crippen LogP contribution in [0.15, 0.2) is 54.6 Å². The van der Waals surface area contributed by atoms with Crippen LogP contribution in [0.1, 0.15) is 53.8 Å². The number of carbonyl (C=O) groups is 2. The van der Waals surface area contributed by atoms with Gasteiger partial charge in [0.2, 0.25) is 11.8 Å². The molecule has 7 nitrogen and oxygen atoms in total. The van der Waals surface area contributed by atoms with E-state index < -0.39 is 17.8 Å². The Morgan fingerprint density at radius 2 is 1.88 bits per heavy atom. The number of methoxy groups -OCH3 is 1. The summed E-state index contributed by atoms with van der Waals surface area (Å²) in [7, 11) is 1.42. The Kier molecular flexibility index (Phi) is 8.18. The standard InChI is InChI=1S/C25H29FN4O3/c1-4-5-14-27-23(31)15-20(18-11-7-6-10-17(18)2)28-25(32)21-16-24(33-3)30(29-21)22-13-9-8-12-19(22)26/h6-13,16,20H,4-5,14-15H2,1-3H3,(H,27,31)(H,28,32)/t20-/m0/s1. The van der Waals surface area contributed by atoms with Gasteiger partial charge in [-0.05, 0) is 36.6 Å². The quantitative estimate of drug-likeness (QED) is 0.454. The lowest BCUT2D eigenvalue weighted by Crippen LogP contribution is -2.34. The highest BCUT2D eigenvalue weighted by Crippen LogP contribution is 2.24. The van der Waals surface area contributed by atoms with Crippen molar-refractivity contribution >= 4 is 11.8 Å². The predicted molar refractivity (Wildman–Crippen MR) is 124 cm³/mol. The highest BCUT2D eigenvalue weighted by Gasteiger charge is 2.24. The van der Waals surface area contributed by atoms with Crippen molar-refractivity contribution in [3.63, 3.8) is 0 Å². The maximum atomic E-state index is 14.3. The van der Waals surface area contributed by atoms with E-state index in [0.717, 1.165) is 24.0 Å². The molecule has 0 fully saturated rings. The molecule has 2 aromatic carbocycles. The Balaban J connectivity index is 1.85. The summed E-state index contributed by atoms with van der Waals surface area (Å²) in [6.07, 6.45) is 1.95. The summed E-state index contributed by atoms with van der Waals surface area (Å²) in [5.74, 6) is -0.910. The molecule has 1 aromatic heterocycles. The SMILES string of the molecule is CCCCNC(=O)C[C@H](NC(=O)c1cc(OC)n(-c2ccccc2F)n1)c1ccccc1C. The molecule has 0 radical (unpaired) electrons. The zero-order valence-electron chi connectivity index (χ0n) is 19.1. The van der Waals surface area contributed by atoms with Crippen LogP contribution in [0.5, 0.6) is 5.88 Å². The van der Waals surface area contributed by atoms with Gasteiger partial charge in [0.05, 0.1) is 19.6 Å². The fraction of sp³-hybridized carbons (Fsp3) is 0.320. The third-order valence-corrected chi connectivity index (χ3v) is 5.31. The first-order chi connectivity index (χ1) is 15.9. The van der Waals surface area contributed by atoms with E-state index in [1.165, 1.54) is 23.9 Å². The van der Waals surface area contributed by atoms with Gasteiger partial charge in [0.1, 0.15) is 11.5 Å². The fourth-order valence-electron chi connectivity index (χ4n) is 3.53. The molecule has 3 aromatic rings. The van der Waals surface area contributed by atoms with Crippen LogP contribution in [0.4, 0.5) is 4.39 Å². The Labute approximate surface area is 193 Å². The summed E-state index contributed by atoms with van der Waals surface area (Å²) in [6, 6.07) is 14.6. The maximum Gasteiger partial charge on any atom is 0.272 e. The van der Waals surface area contributed by atoms with Crippen LogP contribution < -0.4 is 15.4 Å². The molecule has 2 N–H and O–H groups in total. The van der Waals surface area contributed by atoms with E-state index in [1.807, 2.05) is 31.2 Å². The number of aryl methyl sites for hydroxylation is 1. The molecule has 0 spiro atoms. The highest BCUT2D eigenvalue weighted by molar-refractivity contribution is 5.93. The molecule has 8 heteroatoms. The molecule has 0 unspecified atom stereocenters.